The van der Waals surface area contributed by atoms with Crippen molar-refractivity contribution >= 4 is 11.9 Å². The number of carboxylic acid groups (broad SMARTS) is 1. The molecule has 1 saturated heterocycles. The van der Waals surface area contributed by atoms with Crippen LogP contribution in [0.4, 0.5) is 0 Å². The molecule has 0 aromatic heterocycles. The first-order chi connectivity index (χ1) is 9.00. The molecule has 6 nitrogen and oxygen atoms in total. The molecule has 0 bridgehead atoms. The van der Waals surface area contributed by atoms with Gasteiger partial charge in [0.05, 0.1) is 5.60 Å². The zero-order valence-corrected chi connectivity index (χ0v) is 10.9. The predicted octanol–water partition coefficient (Wildman–Crippen LogP) is 0.430. The standard InChI is InChI=1S/C13H21NO5/c15-11(9-4-5-10(19-9)12(16)17)14-8-13(18)6-2-1-3-7-13/h9-10,18H,1-8H2,(H,14,15)(H,16,17)/t9-,10+/m0/s1. The van der Waals surface area contributed by atoms with Gasteiger partial charge in [-0.15, -0.1) is 0 Å². The first-order valence-corrected chi connectivity index (χ1v) is 6.88. The van der Waals surface area contributed by atoms with Crippen molar-refractivity contribution < 1.29 is 24.5 Å². The summed E-state index contributed by atoms with van der Waals surface area (Å²) in [6.45, 7) is 0.226. The van der Waals surface area contributed by atoms with Crippen molar-refractivity contribution in [1.82, 2.24) is 5.32 Å². The summed E-state index contributed by atoms with van der Waals surface area (Å²) in [7, 11) is 0. The molecule has 0 aromatic carbocycles. The van der Waals surface area contributed by atoms with E-state index < -0.39 is 23.8 Å². The van der Waals surface area contributed by atoms with Crippen molar-refractivity contribution in [2.24, 2.45) is 0 Å². The molecule has 0 aromatic rings. The summed E-state index contributed by atoms with van der Waals surface area (Å²) >= 11 is 0. The van der Waals surface area contributed by atoms with E-state index in [0.29, 0.717) is 25.7 Å². The van der Waals surface area contributed by atoms with Gasteiger partial charge in [-0.25, -0.2) is 4.79 Å². The number of aliphatic carboxylic acids is 1. The highest BCUT2D eigenvalue weighted by molar-refractivity contribution is 5.82. The third-order valence-corrected chi connectivity index (χ3v) is 3.96. The molecule has 0 spiro atoms. The lowest BCUT2D eigenvalue weighted by Gasteiger charge is -2.32. The molecule has 1 saturated carbocycles. The highest BCUT2D eigenvalue weighted by Crippen LogP contribution is 2.27. The van der Waals surface area contributed by atoms with Gasteiger partial charge >= 0.3 is 5.97 Å². The minimum atomic E-state index is -1.03. The number of nitrogens with one attached hydrogen (secondary N) is 1. The number of carboxylic acids is 1. The fourth-order valence-corrected chi connectivity index (χ4v) is 2.76. The summed E-state index contributed by atoms with van der Waals surface area (Å²) in [5, 5.41) is 21.7. The first-order valence-electron chi connectivity index (χ1n) is 6.88. The second-order valence-electron chi connectivity index (χ2n) is 5.53. The maximum Gasteiger partial charge on any atom is 0.332 e. The molecule has 1 heterocycles. The lowest BCUT2D eigenvalue weighted by atomic mass is 9.85. The Morgan fingerprint density at radius 1 is 1.16 bits per heavy atom. The van der Waals surface area contributed by atoms with Crippen molar-refractivity contribution in [2.45, 2.75) is 62.8 Å². The molecule has 1 amide bonds. The SMILES string of the molecule is O=C(NCC1(O)CCCCC1)[C@@H]1CC[C@H](C(=O)O)O1. The summed E-state index contributed by atoms with van der Waals surface area (Å²) in [5.74, 6) is -1.34. The molecule has 2 atom stereocenters. The minimum absolute atomic E-state index is 0.226. The van der Waals surface area contributed by atoms with Crippen LogP contribution in [0.3, 0.4) is 0 Å². The Morgan fingerprint density at radius 3 is 2.37 bits per heavy atom. The molecule has 19 heavy (non-hydrogen) atoms. The van der Waals surface area contributed by atoms with Gasteiger partial charge in [0.1, 0.15) is 6.10 Å². The Balaban J connectivity index is 1.77. The van der Waals surface area contributed by atoms with E-state index in [1.807, 2.05) is 0 Å². The Bertz CT molecular complexity index is 351. The first kappa shape index (κ1) is 14.3. The Kier molecular flexibility index (Phi) is 4.42. The molecule has 1 aliphatic carbocycles. The molecule has 6 heteroatoms. The summed E-state index contributed by atoms with van der Waals surface area (Å²) < 4.78 is 5.16. The minimum Gasteiger partial charge on any atom is -0.479 e. The van der Waals surface area contributed by atoms with Crippen LogP contribution >= 0.6 is 0 Å². The smallest absolute Gasteiger partial charge is 0.332 e. The van der Waals surface area contributed by atoms with Gasteiger partial charge in [0.15, 0.2) is 6.10 Å². The van der Waals surface area contributed by atoms with Crippen LogP contribution in [0.2, 0.25) is 0 Å². The fraction of sp³-hybridized carbons (Fsp3) is 0.846. The number of aliphatic hydroxyl groups is 1. The largest absolute Gasteiger partial charge is 0.479 e. The van der Waals surface area contributed by atoms with Crippen molar-refractivity contribution in [3.05, 3.63) is 0 Å². The fourth-order valence-electron chi connectivity index (χ4n) is 2.76. The number of rotatable bonds is 4. The number of carbonyl (C=O) groups excluding carboxylic acids is 1. The third-order valence-electron chi connectivity index (χ3n) is 3.96. The van der Waals surface area contributed by atoms with Crippen LogP contribution in [0, 0.1) is 0 Å². The predicted molar refractivity (Wildman–Crippen MR) is 66.6 cm³/mol. The van der Waals surface area contributed by atoms with E-state index in [4.69, 9.17) is 9.84 Å². The number of amides is 1. The Morgan fingerprint density at radius 2 is 1.79 bits per heavy atom. The quantitative estimate of drug-likeness (QED) is 0.689. The van der Waals surface area contributed by atoms with Crippen LogP contribution in [-0.2, 0) is 14.3 Å². The lowest BCUT2D eigenvalue weighted by molar-refractivity contribution is -0.152. The molecule has 2 rings (SSSR count). The molecule has 2 aliphatic rings. The average Bonchev–Trinajstić information content (AvgIpc) is 2.87. The van der Waals surface area contributed by atoms with Crippen molar-refractivity contribution in [3.63, 3.8) is 0 Å². The van der Waals surface area contributed by atoms with E-state index in [-0.39, 0.29) is 12.5 Å². The molecule has 1 aliphatic heterocycles. The van der Waals surface area contributed by atoms with Crippen LogP contribution in [0.15, 0.2) is 0 Å². The maximum atomic E-state index is 11.9. The van der Waals surface area contributed by atoms with Crippen LogP contribution in [-0.4, -0.2) is 46.4 Å². The van der Waals surface area contributed by atoms with E-state index >= 15 is 0 Å². The second kappa shape index (κ2) is 5.88. The van der Waals surface area contributed by atoms with Crippen LogP contribution < -0.4 is 5.32 Å². The van der Waals surface area contributed by atoms with Gasteiger partial charge < -0.3 is 20.3 Å². The van der Waals surface area contributed by atoms with Crippen molar-refractivity contribution in [1.29, 1.82) is 0 Å². The van der Waals surface area contributed by atoms with E-state index in [2.05, 4.69) is 5.32 Å². The van der Waals surface area contributed by atoms with E-state index in [0.717, 1.165) is 19.3 Å². The molecular formula is C13H21NO5. The summed E-state index contributed by atoms with van der Waals surface area (Å²) in [6, 6.07) is 0. The highest BCUT2D eigenvalue weighted by atomic mass is 16.5. The van der Waals surface area contributed by atoms with Crippen LogP contribution in [0.1, 0.15) is 44.9 Å². The summed E-state index contributed by atoms with van der Waals surface area (Å²) in [4.78, 5) is 22.6. The summed E-state index contributed by atoms with van der Waals surface area (Å²) in [5.41, 5.74) is -0.807. The van der Waals surface area contributed by atoms with Crippen molar-refractivity contribution in [3.8, 4) is 0 Å². The molecular weight excluding hydrogens is 250 g/mol. The third kappa shape index (κ3) is 3.67. The number of ether oxygens (including phenoxy) is 1. The number of hydrogen-bond acceptors (Lipinski definition) is 4. The molecule has 108 valence electrons. The van der Waals surface area contributed by atoms with Crippen molar-refractivity contribution in [2.75, 3.05) is 6.54 Å². The molecule has 3 N–H and O–H groups in total. The molecule has 2 fully saturated rings. The molecule has 0 radical (unpaired) electrons. The van der Waals surface area contributed by atoms with Gasteiger partial charge in [0.2, 0.25) is 5.91 Å². The second-order valence-corrected chi connectivity index (χ2v) is 5.53. The van der Waals surface area contributed by atoms with Gasteiger partial charge in [-0.3, -0.25) is 4.79 Å². The van der Waals surface area contributed by atoms with E-state index in [9.17, 15) is 14.7 Å². The van der Waals surface area contributed by atoms with Gasteiger partial charge in [0.25, 0.3) is 0 Å². The normalized spacial score (nSPS) is 29.9. The Hall–Kier alpha value is -1.14. The van der Waals surface area contributed by atoms with Crippen LogP contribution in [0.25, 0.3) is 0 Å². The number of hydrogen-bond donors (Lipinski definition) is 3. The zero-order valence-electron chi connectivity index (χ0n) is 10.9. The maximum absolute atomic E-state index is 11.9. The van der Waals surface area contributed by atoms with E-state index in [1.54, 1.807) is 0 Å². The zero-order chi connectivity index (χ0) is 13.9. The van der Waals surface area contributed by atoms with Gasteiger partial charge in [-0.1, -0.05) is 19.3 Å². The summed E-state index contributed by atoms with van der Waals surface area (Å²) in [6.07, 6.45) is 3.69. The highest BCUT2D eigenvalue weighted by Gasteiger charge is 2.36. The van der Waals surface area contributed by atoms with Crippen LogP contribution in [0.5, 0.6) is 0 Å². The monoisotopic (exact) mass is 271 g/mol. The van der Waals surface area contributed by atoms with Gasteiger partial charge in [-0.05, 0) is 25.7 Å². The lowest BCUT2D eigenvalue weighted by Crippen LogP contribution is -2.47. The molecule has 0 unspecified atom stereocenters. The number of carbonyl (C=O) groups is 2. The Labute approximate surface area is 112 Å². The van der Waals surface area contributed by atoms with Gasteiger partial charge in [0, 0.05) is 6.54 Å². The van der Waals surface area contributed by atoms with Gasteiger partial charge in [-0.2, -0.15) is 0 Å². The van der Waals surface area contributed by atoms with E-state index in [1.165, 1.54) is 0 Å². The average molecular weight is 271 g/mol. The topological polar surface area (TPSA) is 95.9 Å².